The molecule has 0 bridgehead atoms. The van der Waals surface area contributed by atoms with E-state index in [1.54, 1.807) is 42.7 Å². The van der Waals surface area contributed by atoms with Gasteiger partial charge in [0.05, 0.1) is 16.6 Å². The summed E-state index contributed by atoms with van der Waals surface area (Å²) in [6.07, 6.45) is 2.72. The second-order valence-electron chi connectivity index (χ2n) is 5.50. The van der Waals surface area contributed by atoms with Gasteiger partial charge in [0.2, 0.25) is 0 Å². The van der Waals surface area contributed by atoms with Crippen molar-refractivity contribution in [2.75, 3.05) is 5.32 Å². The normalized spacial score (nSPS) is 16.3. The molecule has 0 aliphatic carbocycles. The maximum atomic E-state index is 12.4. The van der Waals surface area contributed by atoms with Crippen LogP contribution in [0.3, 0.4) is 0 Å². The number of cyclic esters (lactones) is 1. The van der Waals surface area contributed by atoms with Gasteiger partial charge in [-0.15, -0.1) is 0 Å². The molecule has 2 heterocycles. The van der Waals surface area contributed by atoms with Crippen molar-refractivity contribution < 1.29 is 14.3 Å². The number of hydrogen-bond donors (Lipinski definition) is 1. The van der Waals surface area contributed by atoms with Crippen molar-refractivity contribution in [3.05, 3.63) is 66.0 Å². The van der Waals surface area contributed by atoms with Crippen molar-refractivity contribution in [3.63, 3.8) is 0 Å². The van der Waals surface area contributed by atoms with E-state index in [9.17, 15) is 9.59 Å². The van der Waals surface area contributed by atoms with Crippen LogP contribution in [0.2, 0.25) is 0 Å². The largest absolute Gasteiger partial charge is 0.448 e. The summed E-state index contributed by atoms with van der Waals surface area (Å²) in [4.78, 5) is 32.8. The Hall–Kier alpha value is -3.28. The van der Waals surface area contributed by atoms with E-state index in [2.05, 4.69) is 15.3 Å². The molecule has 118 valence electrons. The topological polar surface area (TPSA) is 81.2 Å². The molecule has 3 aromatic rings. The van der Waals surface area contributed by atoms with Crippen molar-refractivity contribution >= 4 is 28.6 Å². The summed E-state index contributed by atoms with van der Waals surface area (Å²) in [6.45, 7) is 0. The van der Waals surface area contributed by atoms with Gasteiger partial charge in [-0.1, -0.05) is 18.2 Å². The lowest BCUT2D eigenvalue weighted by molar-refractivity contribution is -0.125. The van der Waals surface area contributed by atoms with E-state index in [1.165, 1.54) is 0 Å². The highest BCUT2D eigenvalue weighted by molar-refractivity contribution is 6.00. The molecule has 4 rings (SSSR count). The van der Waals surface area contributed by atoms with Crippen LogP contribution in [0.4, 0.5) is 5.69 Å². The molecule has 1 atom stereocenters. The first kappa shape index (κ1) is 14.3. The zero-order valence-corrected chi connectivity index (χ0v) is 12.6. The number of esters is 1. The molecule has 24 heavy (non-hydrogen) atoms. The molecule has 1 amide bonds. The summed E-state index contributed by atoms with van der Waals surface area (Å²) >= 11 is 0. The summed E-state index contributed by atoms with van der Waals surface area (Å²) in [7, 11) is 0. The first-order chi connectivity index (χ1) is 11.7. The fraction of sp³-hybridized carbons (Fsp3) is 0.111. The van der Waals surface area contributed by atoms with Crippen LogP contribution < -0.4 is 5.32 Å². The van der Waals surface area contributed by atoms with E-state index in [1.807, 2.05) is 12.1 Å². The Kier molecular flexibility index (Phi) is 3.42. The third kappa shape index (κ3) is 2.58. The Bertz CT molecular complexity index is 955. The molecule has 1 aliphatic rings. The molecule has 0 spiro atoms. The van der Waals surface area contributed by atoms with Crippen LogP contribution in [0, 0.1) is 0 Å². The predicted molar refractivity (Wildman–Crippen MR) is 87.5 cm³/mol. The van der Waals surface area contributed by atoms with Crippen molar-refractivity contribution in [1.29, 1.82) is 0 Å². The number of nitrogens with one attached hydrogen (secondary N) is 1. The number of rotatable bonds is 2. The lowest BCUT2D eigenvalue weighted by atomic mass is 9.98. The molecule has 0 fully saturated rings. The Morgan fingerprint density at radius 2 is 1.88 bits per heavy atom. The number of nitrogens with zero attached hydrogens (tertiary/aromatic N) is 2. The van der Waals surface area contributed by atoms with Crippen molar-refractivity contribution in [3.8, 4) is 0 Å². The number of benzene rings is 2. The molecule has 6 heteroatoms. The highest BCUT2D eigenvalue weighted by atomic mass is 16.5. The van der Waals surface area contributed by atoms with Crippen LogP contribution in [0.1, 0.15) is 15.9 Å². The monoisotopic (exact) mass is 319 g/mol. The average Bonchev–Trinajstić information content (AvgIpc) is 2.61. The van der Waals surface area contributed by atoms with Crippen LogP contribution in [0.25, 0.3) is 11.0 Å². The summed E-state index contributed by atoms with van der Waals surface area (Å²) < 4.78 is 5.26. The van der Waals surface area contributed by atoms with Gasteiger partial charge in [0.1, 0.15) is 0 Å². The molecule has 1 aliphatic heterocycles. The summed E-state index contributed by atoms with van der Waals surface area (Å²) in [5, 5.41) is 2.77. The van der Waals surface area contributed by atoms with Gasteiger partial charge in [0.25, 0.3) is 5.91 Å². The lowest BCUT2D eigenvalue weighted by Gasteiger charge is -2.23. The van der Waals surface area contributed by atoms with Crippen molar-refractivity contribution in [2.24, 2.45) is 0 Å². The number of carbonyl (C=O) groups is 2. The Balaban J connectivity index is 1.55. The molecule has 0 unspecified atom stereocenters. The van der Waals surface area contributed by atoms with E-state index < -0.39 is 12.1 Å². The van der Waals surface area contributed by atoms with Crippen LogP contribution >= 0.6 is 0 Å². The maximum Gasteiger partial charge on any atom is 0.339 e. The number of ether oxygens (including phenoxy) is 1. The van der Waals surface area contributed by atoms with Crippen LogP contribution in [0.15, 0.2) is 54.9 Å². The summed E-state index contributed by atoms with van der Waals surface area (Å²) in [5.41, 5.74) is 3.35. The highest BCUT2D eigenvalue weighted by Gasteiger charge is 2.31. The van der Waals surface area contributed by atoms with Gasteiger partial charge >= 0.3 is 5.97 Å². The SMILES string of the molecule is O=C1O[C@H](C(=O)Nc2ccc3nccnc3c2)Cc2ccccc21. The average molecular weight is 319 g/mol. The molecular formula is C18H13N3O3. The Morgan fingerprint density at radius 1 is 1.08 bits per heavy atom. The standard InChI is InChI=1S/C18H13N3O3/c22-17(16-9-11-3-1-2-4-13(11)18(23)24-16)21-12-5-6-14-15(10-12)20-8-7-19-14/h1-8,10,16H,9H2,(H,21,22)/t16-/m0/s1. The van der Waals surface area contributed by atoms with Gasteiger partial charge in [-0.3, -0.25) is 14.8 Å². The summed E-state index contributed by atoms with van der Waals surface area (Å²) in [6, 6.07) is 12.4. The van der Waals surface area contributed by atoms with E-state index in [-0.39, 0.29) is 5.91 Å². The van der Waals surface area contributed by atoms with E-state index in [4.69, 9.17) is 4.74 Å². The first-order valence-corrected chi connectivity index (χ1v) is 7.51. The zero-order chi connectivity index (χ0) is 16.5. The number of carbonyl (C=O) groups excluding carboxylic acids is 2. The predicted octanol–water partition coefficient (Wildman–Crippen LogP) is 2.35. The first-order valence-electron chi connectivity index (χ1n) is 7.51. The number of aromatic nitrogens is 2. The quantitative estimate of drug-likeness (QED) is 0.733. The van der Waals surface area contributed by atoms with Crippen molar-refractivity contribution in [1.82, 2.24) is 9.97 Å². The molecule has 0 saturated carbocycles. The fourth-order valence-corrected chi connectivity index (χ4v) is 2.74. The minimum Gasteiger partial charge on any atom is -0.448 e. The zero-order valence-electron chi connectivity index (χ0n) is 12.6. The molecular weight excluding hydrogens is 306 g/mol. The van der Waals surface area contributed by atoms with E-state index in [0.717, 1.165) is 11.1 Å². The molecule has 2 aromatic carbocycles. The van der Waals surface area contributed by atoms with Crippen LogP contribution in [-0.2, 0) is 16.0 Å². The van der Waals surface area contributed by atoms with E-state index in [0.29, 0.717) is 23.2 Å². The number of hydrogen-bond acceptors (Lipinski definition) is 5. The van der Waals surface area contributed by atoms with Gasteiger partial charge < -0.3 is 10.1 Å². The minimum atomic E-state index is -0.843. The number of anilines is 1. The second kappa shape index (κ2) is 5.73. The molecule has 0 saturated heterocycles. The number of amides is 1. The third-order valence-corrected chi connectivity index (χ3v) is 3.92. The lowest BCUT2D eigenvalue weighted by Crippen LogP contribution is -2.37. The maximum absolute atomic E-state index is 12.4. The Morgan fingerprint density at radius 3 is 2.75 bits per heavy atom. The van der Waals surface area contributed by atoms with Gasteiger partial charge in [-0.05, 0) is 29.8 Å². The number of fused-ring (bicyclic) bond motifs is 2. The van der Waals surface area contributed by atoms with Crippen LogP contribution in [-0.4, -0.2) is 27.9 Å². The smallest absolute Gasteiger partial charge is 0.339 e. The second-order valence-corrected chi connectivity index (χ2v) is 5.50. The summed E-state index contributed by atoms with van der Waals surface area (Å²) in [5.74, 6) is -0.831. The third-order valence-electron chi connectivity index (χ3n) is 3.92. The van der Waals surface area contributed by atoms with Gasteiger partial charge in [0, 0.05) is 24.5 Å². The van der Waals surface area contributed by atoms with Gasteiger partial charge in [-0.25, -0.2) is 4.79 Å². The highest BCUT2D eigenvalue weighted by Crippen LogP contribution is 2.22. The molecule has 1 N–H and O–H groups in total. The molecule has 1 aromatic heterocycles. The minimum absolute atomic E-state index is 0.360. The van der Waals surface area contributed by atoms with Crippen molar-refractivity contribution in [2.45, 2.75) is 12.5 Å². The van der Waals surface area contributed by atoms with Gasteiger partial charge in [0.15, 0.2) is 6.10 Å². The van der Waals surface area contributed by atoms with Gasteiger partial charge in [-0.2, -0.15) is 0 Å². The van der Waals surface area contributed by atoms with E-state index >= 15 is 0 Å². The Labute approximate surface area is 137 Å². The molecule has 6 nitrogen and oxygen atoms in total. The molecule has 0 radical (unpaired) electrons. The fourth-order valence-electron chi connectivity index (χ4n) is 2.74. The van der Waals surface area contributed by atoms with Crippen LogP contribution in [0.5, 0.6) is 0 Å².